The first-order valence-electron chi connectivity index (χ1n) is 50.1. The van der Waals surface area contributed by atoms with Gasteiger partial charge in [-0.25, -0.2) is 9.13 Å². The van der Waals surface area contributed by atoms with Crippen molar-refractivity contribution in [2.24, 2.45) is 0 Å². The van der Waals surface area contributed by atoms with E-state index in [1.54, 1.807) is 0 Å². The molecule has 0 heterocycles. The van der Waals surface area contributed by atoms with Crippen LogP contribution < -0.4 is 0 Å². The number of unbranched alkanes of at least 4 members (excludes halogenated alkanes) is 41. The first-order valence-corrected chi connectivity index (χ1v) is 53.1. The minimum absolute atomic E-state index is 0.0919. The summed E-state index contributed by atoms with van der Waals surface area (Å²) in [5.41, 5.74) is 0. The van der Waals surface area contributed by atoms with Gasteiger partial charge in [0.2, 0.25) is 0 Å². The number of phosphoric ester groups is 2. The lowest BCUT2D eigenvalue weighted by atomic mass is 10.0. The van der Waals surface area contributed by atoms with Gasteiger partial charge < -0.3 is 34.2 Å². The van der Waals surface area contributed by atoms with Crippen molar-refractivity contribution in [1.29, 1.82) is 0 Å². The van der Waals surface area contributed by atoms with Crippen LogP contribution in [0.1, 0.15) is 419 Å². The second-order valence-corrected chi connectivity index (χ2v) is 36.1. The van der Waals surface area contributed by atoms with Crippen molar-refractivity contribution in [3.8, 4) is 0 Å². The van der Waals surface area contributed by atoms with Gasteiger partial charge in [-0.1, -0.05) is 421 Å². The number of hydrogen-bond acceptors (Lipinski definition) is 14. The summed E-state index contributed by atoms with van der Waals surface area (Å²) in [7, 11) is -9.82. The van der Waals surface area contributed by atoms with Crippen LogP contribution in [0.4, 0.5) is 0 Å². The fourth-order valence-corrected chi connectivity index (χ4v) is 15.2. The molecular weight excluding hydrogens is 1600 g/mol. The summed E-state index contributed by atoms with van der Waals surface area (Å²) >= 11 is 0. The zero-order valence-electron chi connectivity index (χ0n) is 79.2. The van der Waals surface area contributed by atoms with Crippen molar-refractivity contribution in [2.45, 2.75) is 437 Å². The highest BCUT2D eigenvalue weighted by Crippen LogP contribution is 2.45. The number of esters is 3. The smallest absolute Gasteiger partial charge is 0.463 e. The molecule has 18 heteroatoms. The van der Waals surface area contributed by atoms with E-state index in [1.165, 1.54) is 186 Å². The van der Waals surface area contributed by atoms with Crippen molar-refractivity contribution >= 4 is 33.6 Å². The standard InChI is InChI=1S/C107H182O16P2/c1-4-7-10-13-16-19-22-25-28-31-34-37-40-43-45-47-49-50-52-54-55-58-60-63-66-69-72-75-78-81-84-87-90-93-105(110)117-96-102(108)97-119-124(113,114)120-98-103(109)99-121-125(115,116)122-101-104(123-107(112)95-92-89-86-83-80-77-74-71-68-65-62-57-42-39-36-33-30-27-24-21-18-15-12-9-6-3)100-118-106(111)94-91-88-85-82-79-76-73-70-67-64-61-59-56-53-51-48-46-44-41-38-35-32-29-26-23-20-17-14-11-8-5-2/h8-9,11-12,16-21,25-30,34-39,43-46,51,53,57,62,102-104,108-109H,4-7,10,13-15,22-24,31-33,40-42,47-50,52,54-56,58-61,63-101H2,1-3H3,(H,113,114)(H,115,116)/b11-8-,12-9-,19-16-,20-17-,21-18-,28-25-,29-26-,30-27-,37-34-,38-35-,39-36-,45-43-,46-44-,53-51-,62-57-. The Hall–Kier alpha value is -5.35. The molecule has 0 saturated heterocycles. The molecule has 0 spiro atoms. The molecule has 0 aromatic heterocycles. The number of phosphoric acid groups is 2. The number of hydrogen-bond donors (Lipinski definition) is 4. The number of carbonyl (C=O) groups excluding carboxylic acids is 3. The lowest BCUT2D eigenvalue weighted by Gasteiger charge is -2.21. The number of ether oxygens (including phenoxy) is 3. The van der Waals surface area contributed by atoms with Gasteiger partial charge in [0.1, 0.15) is 25.4 Å². The van der Waals surface area contributed by atoms with Gasteiger partial charge in [-0.2, -0.15) is 0 Å². The summed E-state index contributed by atoms with van der Waals surface area (Å²) in [6.45, 7) is 2.48. The number of carbonyl (C=O) groups is 3. The van der Waals surface area contributed by atoms with Crippen molar-refractivity contribution in [2.75, 3.05) is 39.6 Å². The molecule has 0 fully saturated rings. The SMILES string of the molecule is CC/C=C\C/C=C\C/C=C\C/C=C\C/C=C\C/C=C\CCCCCCCCCCCCCCC(=O)OCC(COP(=O)(O)OCC(O)COP(=O)(O)OCC(O)COC(=O)CCCCCCCCCCCCCCCCCCC/C=C\C/C=C\C/C=C\C/C=C\CCCCC)OC(=O)CCCCCCCCCCC/C=C\C/C=C\C/C=C\C/C=C\C/C=C\CC. The van der Waals surface area contributed by atoms with Crippen LogP contribution in [0.5, 0.6) is 0 Å². The summed E-state index contributed by atoms with van der Waals surface area (Å²) in [6.07, 6.45) is 129. The van der Waals surface area contributed by atoms with Crippen LogP contribution in [-0.2, 0) is 55.8 Å². The summed E-state index contributed by atoms with van der Waals surface area (Å²) in [6, 6.07) is 0. The summed E-state index contributed by atoms with van der Waals surface area (Å²) < 4.78 is 61.7. The molecule has 5 unspecified atom stereocenters. The highest BCUT2D eigenvalue weighted by Gasteiger charge is 2.30. The van der Waals surface area contributed by atoms with Crippen molar-refractivity contribution in [1.82, 2.24) is 0 Å². The Labute approximate surface area is 764 Å². The second-order valence-electron chi connectivity index (χ2n) is 33.2. The molecule has 0 aliphatic heterocycles. The molecule has 716 valence electrons. The number of aliphatic hydroxyl groups excluding tert-OH is 2. The molecule has 125 heavy (non-hydrogen) atoms. The highest BCUT2D eigenvalue weighted by atomic mass is 31.2. The predicted octanol–water partition coefficient (Wildman–Crippen LogP) is 31.6. The van der Waals surface area contributed by atoms with Crippen LogP contribution in [0.25, 0.3) is 0 Å². The summed E-state index contributed by atoms with van der Waals surface area (Å²) in [5.74, 6) is -1.57. The summed E-state index contributed by atoms with van der Waals surface area (Å²) in [4.78, 5) is 59.2. The average Bonchev–Trinajstić information content (AvgIpc) is 0.899. The van der Waals surface area contributed by atoms with E-state index in [2.05, 4.69) is 203 Å². The minimum atomic E-state index is -4.95. The van der Waals surface area contributed by atoms with Crippen LogP contribution in [0.2, 0.25) is 0 Å². The van der Waals surface area contributed by atoms with Crippen LogP contribution >= 0.6 is 15.6 Å². The Morgan fingerprint density at radius 1 is 0.232 bits per heavy atom. The van der Waals surface area contributed by atoms with Gasteiger partial charge in [-0.05, 0) is 161 Å². The van der Waals surface area contributed by atoms with Gasteiger partial charge in [0.15, 0.2) is 6.10 Å². The van der Waals surface area contributed by atoms with Crippen molar-refractivity contribution in [3.63, 3.8) is 0 Å². The van der Waals surface area contributed by atoms with E-state index in [0.29, 0.717) is 19.3 Å². The average molecular weight is 1790 g/mol. The molecule has 0 bridgehead atoms. The molecule has 0 aromatic rings. The molecule has 0 saturated carbocycles. The fraction of sp³-hybridized carbons (Fsp3) is 0.692. The maximum atomic E-state index is 13.1. The number of rotatable bonds is 94. The maximum absolute atomic E-state index is 13.1. The van der Waals surface area contributed by atoms with E-state index in [-0.39, 0.29) is 19.3 Å². The van der Waals surface area contributed by atoms with Gasteiger partial charge in [-0.3, -0.25) is 32.5 Å². The molecule has 0 aliphatic carbocycles. The first-order chi connectivity index (χ1) is 61.2. The minimum Gasteiger partial charge on any atom is -0.463 e. The van der Waals surface area contributed by atoms with Crippen LogP contribution in [-0.4, -0.2) is 95.9 Å². The topological polar surface area (TPSA) is 231 Å². The lowest BCUT2D eigenvalue weighted by molar-refractivity contribution is -0.161. The Kier molecular flexibility index (Phi) is 93.5. The number of allylic oxidation sites excluding steroid dienone is 30. The molecule has 5 atom stereocenters. The highest BCUT2D eigenvalue weighted by molar-refractivity contribution is 7.47. The van der Waals surface area contributed by atoms with Crippen LogP contribution in [0, 0.1) is 0 Å². The van der Waals surface area contributed by atoms with Crippen molar-refractivity contribution < 1.29 is 75.8 Å². The Morgan fingerprint density at radius 2 is 0.424 bits per heavy atom. The third-order valence-electron chi connectivity index (χ3n) is 21.1. The van der Waals surface area contributed by atoms with E-state index in [4.69, 9.17) is 32.3 Å². The van der Waals surface area contributed by atoms with E-state index >= 15 is 0 Å². The molecule has 16 nitrogen and oxygen atoms in total. The predicted molar refractivity (Wildman–Crippen MR) is 528 cm³/mol. The van der Waals surface area contributed by atoms with Crippen LogP contribution in [0.3, 0.4) is 0 Å². The molecule has 0 aromatic carbocycles. The van der Waals surface area contributed by atoms with Gasteiger partial charge in [0.05, 0.1) is 26.4 Å². The van der Waals surface area contributed by atoms with E-state index in [9.17, 15) is 43.5 Å². The monoisotopic (exact) mass is 1790 g/mol. The molecule has 0 aliphatic rings. The molecule has 4 N–H and O–H groups in total. The molecule has 0 amide bonds. The number of aliphatic hydroxyl groups is 2. The van der Waals surface area contributed by atoms with Gasteiger partial charge >= 0.3 is 33.6 Å². The van der Waals surface area contributed by atoms with Crippen molar-refractivity contribution in [3.05, 3.63) is 182 Å². The molecular formula is C107H182O16P2. The Morgan fingerprint density at radius 3 is 0.672 bits per heavy atom. The second kappa shape index (κ2) is 97.7. The quantitative estimate of drug-likeness (QED) is 0.0146. The van der Waals surface area contributed by atoms with E-state index in [0.717, 1.165) is 173 Å². The first kappa shape index (κ1) is 120. The Bertz CT molecular complexity index is 3000. The van der Waals surface area contributed by atoms with Gasteiger partial charge in [0.25, 0.3) is 0 Å². The fourth-order valence-electron chi connectivity index (χ4n) is 13.6. The maximum Gasteiger partial charge on any atom is 0.472 e. The van der Waals surface area contributed by atoms with Gasteiger partial charge in [-0.15, -0.1) is 0 Å². The third-order valence-corrected chi connectivity index (χ3v) is 23.0. The molecule has 0 rings (SSSR count). The largest absolute Gasteiger partial charge is 0.472 e. The Balaban J connectivity index is 4.61. The summed E-state index contributed by atoms with van der Waals surface area (Å²) in [5, 5.41) is 20.8. The normalized spacial score (nSPS) is 14.5. The van der Waals surface area contributed by atoms with Gasteiger partial charge in [0, 0.05) is 19.3 Å². The van der Waals surface area contributed by atoms with E-state index in [1.807, 2.05) is 0 Å². The molecule has 0 radical (unpaired) electrons. The lowest BCUT2D eigenvalue weighted by Crippen LogP contribution is -2.30. The zero-order valence-corrected chi connectivity index (χ0v) is 81.0. The zero-order chi connectivity index (χ0) is 90.7. The van der Waals surface area contributed by atoms with E-state index < -0.39 is 91.5 Å². The third kappa shape index (κ3) is 99.1. The van der Waals surface area contributed by atoms with Crippen LogP contribution in [0.15, 0.2) is 182 Å².